The minimum Gasteiger partial charge on any atom is -0.340 e. The maximum Gasteiger partial charge on any atom is 0.274 e. The fourth-order valence-corrected chi connectivity index (χ4v) is 1.35. The van der Waals surface area contributed by atoms with E-state index in [1.165, 1.54) is 0 Å². The second kappa shape index (κ2) is 5.41. The van der Waals surface area contributed by atoms with E-state index in [0.717, 1.165) is 0 Å². The van der Waals surface area contributed by atoms with Crippen LogP contribution in [0.1, 0.15) is 24.3 Å². The number of nitrogens with one attached hydrogen (secondary N) is 1. The lowest BCUT2D eigenvalue weighted by Crippen LogP contribution is -2.31. The summed E-state index contributed by atoms with van der Waals surface area (Å²) in [5.74, 6) is 5.88. The van der Waals surface area contributed by atoms with Crippen LogP contribution in [-0.2, 0) is 0 Å². The van der Waals surface area contributed by atoms with Gasteiger partial charge in [-0.25, -0.2) is 5.84 Å². The molecule has 1 rings (SSSR count). The minimum absolute atomic E-state index is 0.134. The second-order valence-electron chi connectivity index (χ2n) is 4.03. The third-order valence-electron chi connectivity index (χ3n) is 2.02. The van der Waals surface area contributed by atoms with Crippen LogP contribution in [0.4, 0.5) is 5.82 Å². The Balaban J connectivity index is 2.72. The number of aromatic nitrogens is 2. The van der Waals surface area contributed by atoms with Gasteiger partial charge in [-0.15, -0.1) is 10.2 Å². The Labute approximate surface area is 94.8 Å². The van der Waals surface area contributed by atoms with Gasteiger partial charge in [0, 0.05) is 13.6 Å². The number of carbonyl (C=O) groups is 1. The Bertz CT molecular complexity index is 349. The summed E-state index contributed by atoms with van der Waals surface area (Å²) < 4.78 is 0. The van der Waals surface area contributed by atoms with Crippen LogP contribution in [0.25, 0.3) is 0 Å². The summed E-state index contributed by atoms with van der Waals surface area (Å²) in [5, 5.41) is 7.54. The van der Waals surface area contributed by atoms with E-state index >= 15 is 0 Å². The van der Waals surface area contributed by atoms with E-state index in [0.29, 0.717) is 24.0 Å². The molecule has 6 nitrogen and oxygen atoms in total. The molecule has 0 aliphatic rings. The molecular weight excluding hydrogens is 206 g/mol. The van der Waals surface area contributed by atoms with Crippen molar-refractivity contribution in [2.45, 2.75) is 13.8 Å². The van der Waals surface area contributed by atoms with E-state index in [1.807, 2.05) is 0 Å². The number of hydrogen-bond donors (Lipinski definition) is 2. The fraction of sp³-hybridized carbons (Fsp3) is 0.500. The Morgan fingerprint density at radius 2 is 2.19 bits per heavy atom. The third kappa shape index (κ3) is 3.16. The number of anilines is 1. The van der Waals surface area contributed by atoms with Crippen molar-refractivity contribution in [1.82, 2.24) is 15.1 Å². The molecule has 0 bridgehead atoms. The normalized spacial score (nSPS) is 10.3. The summed E-state index contributed by atoms with van der Waals surface area (Å²) in [5.41, 5.74) is 2.68. The number of nitrogens with zero attached hydrogens (tertiary/aromatic N) is 3. The number of rotatable bonds is 4. The van der Waals surface area contributed by atoms with E-state index in [4.69, 9.17) is 5.84 Å². The van der Waals surface area contributed by atoms with Crippen molar-refractivity contribution >= 4 is 11.7 Å². The van der Waals surface area contributed by atoms with Gasteiger partial charge in [-0.2, -0.15) is 0 Å². The number of hydrazine groups is 1. The Hall–Kier alpha value is -1.69. The summed E-state index contributed by atoms with van der Waals surface area (Å²) >= 11 is 0. The highest BCUT2D eigenvalue weighted by Gasteiger charge is 2.14. The fourth-order valence-electron chi connectivity index (χ4n) is 1.35. The number of amides is 1. The van der Waals surface area contributed by atoms with Crippen LogP contribution in [0, 0.1) is 5.92 Å². The van der Waals surface area contributed by atoms with Gasteiger partial charge in [0.05, 0.1) is 0 Å². The lowest BCUT2D eigenvalue weighted by Gasteiger charge is -2.18. The average Bonchev–Trinajstić information content (AvgIpc) is 2.27. The number of hydrogen-bond acceptors (Lipinski definition) is 5. The van der Waals surface area contributed by atoms with Gasteiger partial charge in [-0.3, -0.25) is 4.79 Å². The zero-order chi connectivity index (χ0) is 12.1. The van der Waals surface area contributed by atoms with Gasteiger partial charge in [0.15, 0.2) is 11.5 Å². The lowest BCUT2D eigenvalue weighted by atomic mass is 10.2. The molecule has 1 heterocycles. The smallest absolute Gasteiger partial charge is 0.274 e. The van der Waals surface area contributed by atoms with Gasteiger partial charge in [0.2, 0.25) is 0 Å². The molecule has 0 spiro atoms. The molecule has 6 heteroatoms. The zero-order valence-corrected chi connectivity index (χ0v) is 9.77. The first-order valence-corrected chi connectivity index (χ1v) is 5.10. The van der Waals surface area contributed by atoms with Crippen LogP contribution in [-0.4, -0.2) is 34.6 Å². The first kappa shape index (κ1) is 12.4. The summed E-state index contributed by atoms with van der Waals surface area (Å²) in [6.45, 7) is 4.80. The summed E-state index contributed by atoms with van der Waals surface area (Å²) in [4.78, 5) is 13.5. The van der Waals surface area contributed by atoms with Crippen molar-refractivity contribution in [1.29, 1.82) is 0 Å². The number of carbonyl (C=O) groups excluding carboxylic acids is 1. The third-order valence-corrected chi connectivity index (χ3v) is 2.02. The lowest BCUT2D eigenvalue weighted by molar-refractivity contribution is 0.0772. The molecule has 16 heavy (non-hydrogen) atoms. The van der Waals surface area contributed by atoms with E-state index in [-0.39, 0.29) is 5.91 Å². The van der Waals surface area contributed by atoms with Crippen molar-refractivity contribution in [2.24, 2.45) is 11.8 Å². The predicted octanol–water partition coefficient (Wildman–Crippen LogP) is 0.490. The quantitative estimate of drug-likeness (QED) is 0.573. The molecule has 1 aromatic heterocycles. The van der Waals surface area contributed by atoms with Gasteiger partial charge in [0.25, 0.3) is 5.91 Å². The molecule has 0 saturated carbocycles. The van der Waals surface area contributed by atoms with Gasteiger partial charge < -0.3 is 10.3 Å². The summed E-state index contributed by atoms with van der Waals surface area (Å²) in [7, 11) is 1.75. The molecule has 0 atom stereocenters. The van der Waals surface area contributed by atoms with E-state index in [1.54, 1.807) is 24.1 Å². The molecule has 0 aliphatic carbocycles. The van der Waals surface area contributed by atoms with Crippen LogP contribution in [0.2, 0.25) is 0 Å². The summed E-state index contributed by atoms with van der Waals surface area (Å²) in [6.07, 6.45) is 0. The Morgan fingerprint density at radius 3 is 2.62 bits per heavy atom. The molecule has 1 amide bonds. The predicted molar refractivity (Wildman–Crippen MR) is 61.6 cm³/mol. The van der Waals surface area contributed by atoms with Crippen LogP contribution in [0.15, 0.2) is 12.1 Å². The highest BCUT2D eigenvalue weighted by molar-refractivity contribution is 5.92. The van der Waals surface area contributed by atoms with Crippen molar-refractivity contribution < 1.29 is 4.79 Å². The SMILES string of the molecule is CC(C)CN(C)C(=O)c1ccc(NN)nn1. The Kier molecular flexibility index (Phi) is 4.19. The van der Waals surface area contributed by atoms with Crippen LogP contribution in [0.3, 0.4) is 0 Å². The van der Waals surface area contributed by atoms with Crippen LogP contribution in [0.5, 0.6) is 0 Å². The molecule has 1 aromatic rings. The maximum absolute atomic E-state index is 11.9. The van der Waals surface area contributed by atoms with Gasteiger partial charge in [-0.05, 0) is 18.1 Å². The molecule has 88 valence electrons. The first-order valence-electron chi connectivity index (χ1n) is 5.10. The number of nitrogen functional groups attached to an aromatic ring is 1. The van der Waals surface area contributed by atoms with Crippen molar-refractivity contribution in [3.8, 4) is 0 Å². The molecule has 0 fully saturated rings. The van der Waals surface area contributed by atoms with Crippen LogP contribution < -0.4 is 11.3 Å². The molecule has 0 radical (unpaired) electrons. The topological polar surface area (TPSA) is 84.1 Å². The maximum atomic E-state index is 11.9. The molecule has 0 saturated heterocycles. The first-order chi connectivity index (χ1) is 7.54. The molecule has 0 aromatic carbocycles. The van der Waals surface area contributed by atoms with Gasteiger partial charge in [-0.1, -0.05) is 13.8 Å². The average molecular weight is 223 g/mol. The highest BCUT2D eigenvalue weighted by Crippen LogP contribution is 2.04. The molecule has 0 unspecified atom stereocenters. The monoisotopic (exact) mass is 223 g/mol. The van der Waals surface area contributed by atoms with Crippen molar-refractivity contribution in [3.63, 3.8) is 0 Å². The Morgan fingerprint density at radius 1 is 1.50 bits per heavy atom. The highest BCUT2D eigenvalue weighted by atomic mass is 16.2. The molecule has 0 aliphatic heterocycles. The van der Waals surface area contributed by atoms with E-state index in [2.05, 4.69) is 29.5 Å². The van der Waals surface area contributed by atoms with Gasteiger partial charge in [0.1, 0.15) is 0 Å². The number of nitrogens with two attached hydrogens (primary N) is 1. The standard InChI is InChI=1S/C10H17N5O/c1-7(2)6-15(3)10(16)8-4-5-9(12-11)14-13-8/h4-5,7H,6,11H2,1-3H3,(H,12,14). The van der Waals surface area contributed by atoms with Crippen molar-refractivity contribution in [2.75, 3.05) is 19.0 Å². The summed E-state index contributed by atoms with van der Waals surface area (Å²) in [6, 6.07) is 3.21. The van der Waals surface area contributed by atoms with Crippen LogP contribution >= 0.6 is 0 Å². The van der Waals surface area contributed by atoms with Gasteiger partial charge >= 0.3 is 0 Å². The molecule has 3 N–H and O–H groups in total. The van der Waals surface area contributed by atoms with E-state index < -0.39 is 0 Å². The largest absolute Gasteiger partial charge is 0.340 e. The minimum atomic E-state index is -0.134. The van der Waals surface area contributed by atoms with E-state index in [9.17, 15) is 4.79 Å². The second-order valence-corrected chi connectivity index (χ2v) is 4.03. The zero-order valence-electron chi connectivity index (χ0n) is 9.77. The molecular formula is C10H17N5O. The van der Waals surface area contributed by atoms with Crippen molar-refractivity contribution in [3.05, 3.63) is 17.8 Å².